The highest BCUT2D eigenvalue weighted by Crippen LogP contribution is 2.21. The molecule has 0 spiro atoms. The lowest BCUT2D eigenvalue weighted by molar-refractivity contribution is -0.120. The highest BCUT2D eigenvalue weighted by molar-refractivity contribution is 7.99. The highest BCUT2D eigenvalue weighted by atomic mass is 32.2. The predicted octanol–water partition coefficient (Wildman–Crippen LogP) is 3.22. The number of fused-ring (bicyclic) bond motifs is 1. The Morgan fingerprint density at radius 3 is 2.71 bits per heavy atom. The van der Waals surface area contributed by atoms with E-state index < -0.39 is 5.97 Å². The summed E-state index contributed by atoms with van der Waals surface area (Å²) in [6, 6.07) is 8.11. The molecule has 3 rings (SSSR count). The van der Waals surface area contributed by atoms with Crippen molar-refractivity contribution in [2.75, 3.05) is 12.9 Å². The van der Waals surface area contributed by atoms with Crippen LogP contribution in [-0.2, 0) is 16.1 Å². The number of nitrogens with one attached hydrogen (secondary N) is 1. The summed E-state index contributed by atoms with van der Waals surface area (Å²) in [5.41, 5.74) is 0.0524. The minimum Gasteiger partial charge on any atom is -0.467 e. The van der Waals surface area contributed by atoms with Crippen LogP contribution >= 0.6 is 11.8 Å². The van der Waals surface area contributed by atoms with E-state index in [4.69, 9.17) is 9.15 Å². The van der Waals surface area contributed by atoms with E-state index in [0.29, 0.717) is 27.4 Å². The van der Waals surface area contributed by atoms with E-state index in [1.165, 1.54) is 30.1 Å². The molecular weight excluding hydrogens is 418 g/mol. The Kier molecular flexibility index (Phi) is 6.84. The third kappa shape index (κ3) is 5.35. The van der Waals surface area contributed by atoms with Crippen molar-refractivity contribution in [2.45, 2.75) is 44.4 Å². The molecule has 9 heteroatoms. The van der Waals surface area contributed by atoms with Crippen molar-refractivity contribution in [1.82, 2.24) is 14.9 Å². The zero-order chi connectivity index (χ0) is 22.6. The molecular formula is C22H25N3O5S. The zero-order valence-corrected chi connectivity index (χ0v) is 18.7. The number of nitrogens with zero attached hydrogens (tertiary/aromatic N) is 2. The second-order valence-electron chi connectivity index (χ2n) is 7.66. The Hall–Kier alpha value is -3.07. The molecule has 0 atom stereocenters. The van der Waals surface area contributed by atoms with Crippen LogP contribution in [0, 0.1) is 0 Å². The summed E-state index contributed by atoms with van der Waals surface area (Å²) in [6.45, 7) is 6.08. The van der Waals surface area contributed by atoms with Crippen molar-refractivity contribution in [3.8, 4) is 0 Å². The van der Waals surface area contributed by atoms with Crippen LogP contribution in [0.4, 0.5) is 0 Å². The summed E-state index contributed by atoms with van der Waals surface area (Å²) in [5, 5.41) is 3.69. The Morgan fingerprint density at radius 1 is 1.29 bits per heavy atom. The maximum absolute atomic E-state index is 13.2. The molecule has 164 valence electrons. The number of benzene rings is 1. The van der Waals surface area contributed by atoms with E-state index >= 15 is 0 Å². The second kappa shape index (κ2) is 9.38. The zero-order valence-electron chi connectivity index (χ0n) is 17.9. The number of carbonyl (C=O) groups excluding carboxylic acids is 2. The first-order valence-corrected chi connectivity index (χ1v) is 10.8. The number of hydrogen-bond donors (Lipinski definition) is 1. The van der Waals surface area contributed by atoms with Gasteiger partial charge in [0.1, 0.15) is 5.76 Å². The number of hydrogen-bond acceptors (Lipinski definition) is 7. The van der Waals surface area contributed by atoms with Crippen LogP contribution in [0.1, 0.15) is 43.3 Å². The average Bonchev–Trinajstić information content (AvgIpc) is 3.26. The van der Waals surface area contributed by atoms with Crippen LogP contribution in [0.25, 0.3) is 10.9 Å². The van der Waals surface area contributed by atoms with Gasteiger partial charge in [-0.25, -0.2) is 9.78 Å². The predicted molar refractivity (Wildman–Crippen MR) is 118 cm³/mol. The van der Waals surface area contributed by atoms with Crippen molar-refractivity contribution >= 4 is 34.5 Å². The molecule has 2 heterocycles. The molecule has 1 N–H and O–H groups in total. The Labute approximate surface area is 184 Å². The normalized spacial score (nSPS) is 11.5. The maximum Gasteiger partial charge on any atom is 0.337 e. The van der Waals surface area contributed by atoms with Crippen LogP contribution in [0.2, 0.25) is 0 Å². The van der Waals surface area contributed by atoms with Gasteiger partial charge >= 0.3 is 5.97 Å². The van der Waals surface area contributed by atoms with Crippen LogP contribution in [-0.4, -0.2) is 39.8 Å². The van der Waals surface area contributed by atoms with Crippen molar-refractivity contribution in [3.05, 3.63) is 58.3 Å². The van der Waals surface area contributed by atoms with Gasteiger partial charge in [-0.1, -0.05) is 18.7 Å². The van der Waals surface area contributed by atoms with Crippen LogP contribution in [0.5, 0.6) is 0 Å². The lowest BCUT2D eigenvalue weighted by atomic mass is 10.0. The molecule has 1 aromatic carbocycles. The van der Waals surface area contributed by atoms with Gasteiger partial charge < -0.3 is 14.5 Å². The maximum atomic E-state index is 13.2. The van der Waals surface area contributed by atoms with Crippen LogP contribution < -0.4 is 10.9 Å². The number of carbonyl (C=O) groups is 2. The van der Waals surface area contributed by atoms with Gasteiger partial charge in [0.25, 0.3) is 5.56 Å². The van der Waals surface area contributed by atoms with Crippen molar-refractivity contribution < 1.29 is 18.7 Å². The van der Waals surface area contributed by atoms with Gasteiger partial charge in [0.05, 0.1) is 42.1 Å². The van der Waals surface area contributed by atoms with Gasteiger partial charge in [0, 0.05) is 5.54 Å². The summed E-state index contributed by atoms with van der Waals surface area (Å²) < 4.78 is 11.6. The van der Waals surface area contributed by atoms with Crippen molar-refractivity contribution in [3.63, 3.8) is 0 Å². The molecule has 0 fully saturated rings. The van der Waals surface area contributed by atoms with E-state index in [-0.39, 0.29) is 29.3 Å². The first kappa shape index (κ1) is 22.6. The molecule has 0 aliphatic carbocycles. The molecule has 0 saturated carbocycles. The summed E-state index contributed by atoms with van der Waals surface area (Å²) in [7, 11) is 1.29. The van der Waals surface area contributed by atoms with Gasteiger partial charge in [0.15, 0.2) is 5.16 Å². The summed E-state index contributed by atoms with van der Waals surface area (Å²) in [4.78, 5) is 42.1. The molecule has 3 aromatic rings. The Bertz CT molecular complexity index is 1150. The topological polar surface area (TPSA) is 103 Å². The fourth-order valence-electron chi connectivity index (χ4n) is 2.89. The lowest BCUT2D eigenvalue weighted by Gasteiger charge is -2.24. The molecule has 2 aromatic heterocycles. The lowest BCUT2D eigenvalue weighted by Crippen LogP contribution is -2.43. The number of esters is 1. The largest absolute Gasteiger partial charge is 0.467 e. The monoisotopic (exact) mass is 443 g/mol. The molecule has 0 unspecified atom stereocenters. The molecule has 0 saturated heterocycles. The number of furan rings is 1. The molecule has 0 radical (unpaired) electrons. The summed E-state index contributed by atoms with van der Waals surface area (Å²) in [5.74, 6) is 0.0155. The van der Waals surface area contributed by atoms with Gasteiger partial charge in [-0.05, 0) is 50.6 Å². The molecule has 0 aliphatic rings. The van der Waals surface area contributed by atoms with Gasteiger partial charge in [-0.3, -0.25) is 14.2 Å². The fraction of sp³-hybridized carbons (Fsp3) is 0.364. The molecule has 8 nitrogen and oxygen atoms in total. The third-order valence-electron chi connectivity index (χ3n) is 4.93. The SMILES string of the molecule is CCC(C)(C)NC(=O)CSc1nc2cc(C(=O)OC)ccc2c(=O)n1Cc1ccco1. The van der Waals surface area contributed by atoms with Gasteiger partial charge in [0.2, 0.25) is 5.91 Å². The first-order valence-electron chi connectivity index (χ1n) is 9.83. The van der Waals surface area contributed by atoms with E-state index in [1.807, 2.05) is 20.8 Å². The highest BCUT2D eigenvalue weighted by Gasteiger charge is 2.20. The van der Waals surface area contributed by atoms with Gasteiger partial charge in [-0.15, -0.1) is 0 Å². The van der Waals surface area contributed by atoms with E-state index in [9.17, 15) is 14.4 Å². The number of rotatable bonds is 8. The Balaban J connectivity index is 1.99. The number of amides is 1. The van der Waals surface area contributed by atoms with E-state index in [1.54, 1.807) is 18.2 Å². The fourth-order valence-corrected chi connectivity index (χ4v) is 3.68. The van der Waals surface area contributed by atoms with Gasteiger partial charge in [-0.2, -0.15) is 0 Å². The van der Waals surface area contributed by atoms with Crippen molar-refractivity contribution in [1.29, 1.82) is 0 Å². The number of thioether (sulfide) groups is 1. The smallest absolute Gasteiger partial charge is 0.337 e. The third-order valence-corrected chi connectivity index (χ3v) is 5.91. The average molecular weight is 444 g/mol. The Morgan fingerprint density at radius 2 is 2.06 bits per heavy atom. The van der Waals surface area contributed by atoms with Crippen molar-refractivity contribution in [2.24, 2.45) is 0 Å². The minimum absolute atomic E-state index is 0.0935. The minimum atomic E-state index is -0.515. The number of aromatic nitrogens is 2. The molecule has 0 aliphatic heterocycles. The summed E-state index contributed by atoms with van der Waals surface area (Å²) >= 11 is 1.16. The standard InChI is InChI=1S/C22H25N3O5S/c1-5-22(2,3)24-18(26)13-31-21-23-17-11-14(20(28)29-4)8-9-16(17)19(27)25(21)12-15-7-6-10-30-15/h6-11H,5,12-13H2,1-4H3,(H,24,26). The summed E-state index contributed by atoms with van der Waals surface area (Å²) in [6.07, 6.45) is 2.32. The quantitative estimate of drug-likeness (QED) is 0.324. The number of ether oxygens (including phenoxy) is 1. The molecule has 1 amide bonds. The van der Waals surface area contributed by atoms with Crippen LogP contribution in [0.15, 0.2) is 51.0 Å². The first-order chi connectivity index (χ1) is 14.7. The van der Waals surface area contributed by atoms with Crippen LogP contribution in [0.3, 0.4) is 0 Å². The van der Waals surface area contributed by atoms with E-state index in [0.717, 1.165) is 18.2 Å². The molecule has 0 bridgehead atoms. The molecule has 31 heavy (non-hydrogen) atoms. The van der Waals surface area contributed by atoms with E-state index in [2.05, 4.69) is 10.3 Å². The second-order valence-corrected chi connectivity index (χ2v) is 8.61. The number of methoxy groups -OCH3 is 1.